The zero-order valence-corrected chi connectivity index (χ0v) is 18.4. The minimum atomic E-state index is -1.20. The van der Waals surface area contributed by atoms with Gasteiger partial charge in [0.15, 0.2) is 0 Å². The Balaban J connectivity index is 2.26. The van der Waals surface area contributed by atoms with Crippen molar-refractivity contribution in [1.82, 2.24) is 5.32 Å². The molecule has 8 heteroatoms. The standard InChI is InChI=1S/C23H29NO7/c1-23(2,3)31-22(27)24-16(11-15-9-7-6-8-10-15)14-30-19-13-17(28-4)12-18(29-5)20(19)21(25)26/h6-10,12-13,16H,11,14H2,1-5H3,(H,24,27)(H,25,26)/t16-/m1/s1. The number of benzene rings is 2. The maximum atomic E-state index is 12.3. The third-order valence-electron chi connectivity index (χ3n) is 4.19. The van der Waals surface area contributed by atoms with Crippen LogP contribution in [0.3, 0.4) is 0 Å². The summed E-state index contributed by atoms with van der Waals surface area (Å²) in [4.78, 5) is 24.1. The van der Waals surface area contributed by atoms with Crippen molar-refractivity contribution in [2.45, 2.75) is 38.8 Å². The fraction of sp³-hybridized carbons (Fsp3) is 0.391. The van der Waals surface area contributed by atoms with Crippen molar-refractivity contribution in [3.63, 3.8) is 0 Å². The summed E-state index contributed by atoms with van der Waals surface area (Å²) in [6, 6.07) is 12.0. The van der Waals surface area contributed by atoms with E-state index >= 15 is 0 Å². The first kappa shape index (κ1) is 23.9. The Hall–Kier alpha value is -3.42. The summed E-state index contributed by atoms with van der Waals surface area (Å²) >= 11 is 0. The lowest BCUT2D eigenvalue weighted by Gasteiger charge is -2.24. The molecule has 168 valence electrons. The highest BCUT2D eigenvalue weighted by molar-refractivity contribution is 5.94. The first-order valence-electron chi connectivity index (χ1n) is 9.78. The molecular formula is C23H29NO7. The lowest BCUT2D eigenvalue weighted by atomic mass is 10.1. The van der Waals surface area contributed by atoms with Crippen molar-refractivity contribution < 1.29 is 33.6 Å². The second-order valence-electron chi connectivity index (χ2n) is 7.85. The van der Waals surface area contributed by atoms with Gasteiger partial charge >= 0.3 is 12.1 Å². The van der Waals surface area contributed by atoms with Crippen LogP contribution < -0.4 is 19.5 Å². The van der Waals surface area contributed by atoms with E-state index in [0.717, 1.165) is 5.56 Å². The van der Waals surface area contributed by atoms with Gasteiger partial charge in [-0.3, -0.25) is 0 Å². The normalized spacial score (nSPS) is 11.9. The topological polar surface area (TPSA) is 103 Å². The third kappa shape index (κ3) is 7.40. The highest BCUT2D eigenvalue weighted by Crippen LogP contribution is 2.34. The summed E-state index contributed by atoms with van der Waals surface area (Å²) in [6.07, 6.45) is -0.123. The van der Waals surface area contributed by atoms with Crippen molar-refractivity contribution in [2.24, 2.45) is 0 Å². The molecule has 0 heterocycles. The van der Waals surface area contributed by atoms with Gasteiger partial charge in [-0.25, -0.2) is 9.59 Å². The number of carbonyl (C=O) groups excluding carboxylic acids is 1. The van der Waals surface area contributed by atoms with Crippen molar-refractivity contribution in [1.29, 1.82) is 0 Å². The van der Waals surface area contributed by atoms with Gasteiger partial charge in [-0.1, -0.05) is 30.3 Å². The number of methoxy groups -OCH3 is 2. The monoisotopic (exact) mass is 431 g/mol. The Morgan fingerprint density at radius 3 is 2.23 bits per heavy atom. The van der Waals surface area contributed by atoms with Gasteiger partial charge in [0.1, 0.15) is 35.0 Å². The number of carboxylic acid groups (broad SMARTS) is 1. The summed E-state index contributed by atoms with van der Waals surface area (Å²) in [7, 11) is 2.83. The molecule has 0 aliphatic heterocycles. The molecule has 0 fully saturated rings. The van der Waals surface area contributed by atoms with Crippen molar-refractivity contribution in [3.8, 4) is 17.2 Å². The van der Waals surface area contributed by atoms with Crippen LogP contribution in [0.2, 0.25) is 0 Å². The molecule has 2 rings (SSSR count). The van der Waals surface area contributed by atoms with Crippen LogP contribution in [-0.2, 0) is 11.2 Å². The molecule has 0 aliphatic carbocycles. The van der Waals surface area contributed by atoms with E-state index in [0.29, 0.717) is 12.2 Å². The van der Waals surface area contributed by atoms with Gasteiger partial charge in [0, 0.05) is 12.1 Å². The molecule has 0 radical (unpaired) electrons. The maximum absolute atomic E-state index is 12.3. The van der Waals surface area contributed by atoms with E-state index in [2.05, 4.69) is 5.32 Å². The average Bonchev–Trinajstić information content (AvgIpc) is 2.70. The SMILES string of the molecule is COc1cc(OC)c(C(=O)O)c(OC[C@@H](Cc2ccccc2)NC(=O)OC(C)(C)C)c1. The number of rotatable bonds is 9. The zero-order valence-electron chi connectivity index (χ0n) is 18.4. The summed E-state index contributed by atoms with van der Waals surface area (Å²) in [6.45, 7) is 5.33. The Bertz CT molecular complexity index is 891. The number of amides is 1. The van der Waals surface area contributed by atoms with Gasteiger partial charge in [-0.15, -0.1) is 0 Å². The molecule has 0 unspecified atom stereocenters. The molecule has 0 saturated heterocycles. The molecule has 0 saturated carbocycles. The highest BCUT2D eigenvalue weighted by atomic mass is 16.6. The van der Waals surface area contributed by atoms with Crippen molar-refractivity contribution in [3.05, 3.63) is 53.6 Å². The van der Waals surface area contributed by atoms with E-state index < -0.39 is 23.7 Å². The quantitative estimate of drug-likeness (QED) is 0.620. The molecule has 1 atom stereocenters. The fourth-order valence-corrected chi connectivity index (χ4v) is 2.88. The molecule has 0 aromatic heterocycles. The summed E-state index contributed by atoms with van der Waals surface area (Å²) in [5.41, 5.74) is 0.201. The summed E-state index contributed by atoms with van der Waals surface area (Å²) in [5, 5.41) is 12.4. The second kappa shape index (κ2) is 10.6. The first-order chi connectivity index (χ1) is 14.6. The second-order valence-corrected chi connectivity index (χ2v) is 7.85. The van der Waals surface area contributed by atoms with Gasteiger partial charge in [0.25, 0.3) is 0 Å². The molecule has 8 nitrogen and oxygen atoms in total. The number of carbonyl (C=O) groups is 2. The summed E-state index contributed by atoms with van der Waals surface area (Å²) < 4.78 is 21.6. The minimum absolute atomic E-state index is 0.00470. The number of ether oxygens (including phenoxy) is 4. The molecule has 2 N–H and O–H groups in total. The Morgan fingerprint density at radius 2 is 1.68 bits per heavy atom. The van der Waals surface area contributed by atoms with Crippen LogP contribution in [0.15, 0.2) is 42.5 Å². The third-order valence-corrected chi connectivity index (χ3v) is 4.19. The lowest BCUT2D eigenvalue weighted by Crippen LogP contribution is -2.43. The molecule has 2 aromatic rings. The van der Waals surface area contributed by atoms with Crippen LogP contribution in [0.1, 0.15) is 36.7 Å². The molecule has 2 aromatic carbocycles. The maximum Gasteiger partial charge on any atom is 0.408 e. The van der Waals surface area contributed by atoms with Crippen LogP contribution in [0.4, 0.5) is 4.79 Å². The Labute approximate surface area is 182 Å². The number of hydrogen-bond acceptors (Lipinski definition) is 6. The van der Waals surface area contributed by atoms with Gasteiger partial charge in [-0.2, -0.15) is 0 Å². The molecule has 0 aliphatic rings. The zero-order chi connectivity index (χ0) is 23.0. The lowest BCUT2D eigenvalue weighted by molar-refractivity contribution is 0.0485. The number of carboxylic acids is 1. The minimum Gasteiger partial charge on any atom is -0.496 e. The van der Waals surface area contributed by atoms with E-state index in [1.54, 1.807) is 20.8 Å². The van der Waals surface area contributed by atoms with E-state index in [4.69, 9.17) is 18.9 Å². The predicted octanol–water partition coefficient (Wildman–Crippen LogP) is 3.92. The molecular weight excluding hydrogens is 402 g/mol. The van der Waals surface area contributed by atoms with E-state index in [9.17, 15) is 14.7 Å². The van der Waals surface area contributed by atoms with Gasteiger partial charge < -0.3 is 29.4 Å². The Kier molecular flexibility index (Phi) is 8.13. The highest BCUT2D eigenvalue weighted by Gasteiger charge is 2.23. The summed E-state index contributed by atoms with van der Waals surface area (Å²) in [5.74, 6) is -0.625. The van der Waals surface area contributed by atoms with Gasteiger partial charge in [0.2, 0.25) is 0 Å². The largest absolute Gasteiger partial charge is 0.496 e. The van der Waals surface area contributed by atoms with Crippen LogP contribution in [-0.4, -0.2) is 49.6 Å². The first-order valence-corrected chi connectivity index (χ1v) is 9.78. The van der Waals surface area contributed by atoms with E-state index in [1.807, 2.05) is 30.3 Å². The Morgan fingerprint density at radius 1 is 1.03 bits per heavy atom. The smallest absolute Gasteiger partial charge is 0.408 e. The number of aromatic carboxylic acids is 1. The van der Waals surface area contributed by atoms with Crippen LogP contribution in [0, 0.1) is 0 Å². The number of hydrogen-bond donors (Lipinski definition) is 2. The molecule has 31 heavy (non-hydrogen) atoms. The van der Waals surface area contributed by atoms with Crippen LogP contribution in [0.5, 0.6) is 17.2 Å². The van der Waals surface area contributed by atoms with Gasteiger partial charge in [-0.05, 0) is 32.8 Å². The van der Waals surface area contributed by atoms with Gasteiger partial charge in [0.05, 0.1) is 20.3 Å². The number of nitrogens with one attached hydrogen (secondary N) is 1. The molecule has 0 bridgehead atoms. The molecule has 1 amide bonds. The molecule has 0 spiro atoms. The fourth-order valence-electron chi connectivity index (χ4n) is 2.88. The van der Waals surface area contributed by atoms with E-state index in [1.165, 1.54) is 26.4 Å². The number of alkyl carbamates (subject to hydrolysis) is 1. The van der Waals surface area contributed by atoms with Crippen LogP contribution in [0.25, 0.3) is 0 Å². The van der Waals surface area contributed by atoms with Crippen molar-refractivity contribution in [2.75, 3.05) is 20.8 Å². The predicted molar refractivity (Wildman–Crippen MR) is 115 cm³/mol. The van der Waals surface area contributed by atoms with Crippen LogP contribution >= 0.6 is 0 Å². The van der Waals surface area contributed by atoms with E-state index in [-0.39, 0.29) is 23.7 Å². The van der Waals surface area contributed by atoms with Crippen molar-refractivity contribution >= 4 is 12.1 Å². The average molecular weight is 431 g/mol.